The highest BCUT2D eigenvalue weighted by Gasteiger charge is 2.50. The number of hydrogen-bond donors (Lipinski definition) is 2. The van der Waals surface area contributed by atoms with Crippen molar-refractivity contribution in [2.45, 2.75) is 50.5 Å². The van der Waals surface area contributed by atoms with Crippen LogP contribution in [-0.4, -0.2) is 28.0 Å². The Bertz CT molecular complexity index is 1130. The van der Waals surface area contributed by atoms with Gasteiger partial charge in [-0.2, -0.15) is 0 Å². The molecule has 0 aromatic heterocycles. The fraction of sp³-hybridized carbons (Fsp3) is 0.250. The van der Waals surface area contributed by atoms with Gasteiger partial charge < -0.3 is 19.7 Å². The van der Waals surface area contributed by atoms with Gasteiger partial charge in [0.25, 0.3) is 0 Å². The SMILES string of the molecule is CC(C)(O)[C@H](OCc1ccccc1)[C@@H](OCc1ccccc1)C(O)(c1ccccc1)c1ccccc1. The van der Waals surface area contributed by atoms with E-state index in [4.69, 9.17) is 9.47 Å². The summed E-state index contributed by atoms with van der Waals surface area (Å²) in [5.41, 5.74) is 0.325. The minimum Gasteiger partial charge on any atom is -0.388 e. The highest BCUT2D eigenvalue weighted by molar-refractivity contribution is 5.38. The zero-order valence-electron chi connectivity index (χ0n) is 20.8. The standard InChI is InChI=1S/C32H34O4/c1-31(2,33)29(35-23-25-15-7-3-8-16-25)30(36-24-26-17-9-4-10-18-26)32(34,27-19-11-5-12-20-27)28-21-13-6-14-22-28/h3-22,29-30,33-34H,23-24H2,1-2H3/t29-,30-/m1/s1. The molecule has 4 aromatic rings. The van der Waals surface area contributed by atoms with Gasteiger partial charge >= 0.3 is 0 Å². The minimum atomic E-state index is -1.60. The van der Waals surface area contributed by atoms with Crippen molar-refractivity contribution in [3.8, 4) is 0 Å². The van der Waals surface area contributed by atoms with Crippen LogP contribution in [0, 0.1) is 0 Å². The molecule has 0 saturated carbocycles. The summed E-state index contributed by atoms with van der Waals surface area (Å²) in [7, 11) is 0. The molecule has 2 N–H and O–H groups in total. The van der Waals surface area contributed by atoms with Crippen molar-refractivity contribution in [2.75, 3.05) is 0 Å². The number of benzene rings is 4. The number of hydrogen-bond acceptors (Lipinski definition) is 4. The van der Waals surface area contributed by atoms with Crippen molar-refractivity contribution in [3.05, 3.63) is 144 Å². The second kappa shape index (κ2) is 11.6. The summed E-state index contributed by atoms with van der Waals surface area (Å²) in [4.78, 5) is 0. The molecule has 0 amide bonds. The average molecular weight is 483 g/mol. The first kappa shape index (κ1) is 25.8. The van der Waals surface area contributed by atoms with Gasteiger partial charge in [0.05, 0.1) is 18.8 Å². The summed E-state index contributed by atoms with van der Waals surface area (Å²) < 4.78 is 12.9. The Kier molecular flexibility index (Phi) is 8.34. The first-order chi connectivity index (χ1) is 17.4. The predicted octanol–water partition coefficient (Wildman–Crippen LogP) is 5.86. The zero-order valence-corrected chi connectivity index (χ0v) is 20.8. The summed E-state index contributed by atoms with van der Waals surface area (Å²) in [6.45, 7) is 3.89. The van der Waals surface area contributed by atoms with Crippen LogP contribution >= 0.6 is 0 Å². The topological polar surface area (TPSA) is 58.9 Å². The molecule has 0 aliphatic rings. The zero-order chi connectivity index (χ0) is 25.4. The van der Waals surface area contributed by atoms with E-state index in [1.165, 1.54) is 0 Å². The lowest BCUT2D eigenvalue weighted by molar-refractivity contribution is -0.212. The molecule has 0 heterocycles. The summed E-state index contributed by atoms with van der Waals surface area (Å²) >= 11 is 0. The van der Waals surface area contributed by atoms with Crippen molar-refractivity contribution in [3.63, 3.8) is 0 Å². The molecule has 0 saturated heterocycles. The monoisotopic (exact) mass is 482 g/mol. The Balaban J connectivity index is 1.80. The minimum absolute atomic E-state index is 0.245. The number of ether oxygens (including phenoxy) is 2. The van der Waals surface area contributed by atoms with E-state index in [-0.39, 0.29) is 13.2 Å². The van der Waals surface area contributed by atoms with Gasteiger partial charge in [-0.25, -0.2) is 0 Å². The Hall–Kier alpha value is -3.28. The Morgan fingerprint density at radius 1 is 0.528 bits per heavy atom. The quantitative estimate of drug-likeness (QED) is 0.281. The van der Waals surface area contributed by atoms with Crippen LogP contribution in [0.4, 0.5) is 0 Å². The summed E-state index contributed by atoms with van der Waals surface area (Å²) in [5.74, 6) is 0. The molecule has 4 heteroatoms. The number of aliphatic hydroxyl groups is 2. The van der Waals surface area contributed by atoms with Gasteiger partial charge in [-0.3, -0.25) is 0 Å². The lowest BCUT2D eigenvalue weighted by Gasteiger charge is -2.44. The highest BCUT2D eigenvalue weighted by atomic mass is 16.6. The van der Waals surface area contributed by atoms with Gasteiger partial charge in [0, 0.05) is 0 Å². The van der Waals surface area contributed by atoms with E-state index >= 15 is 0 Å². The predicted molar refractivity (Wildman–Crippen MR) is 142 cm³/mol. The fourth-order valence-corrected chi connectivity index (χ4v) is 4.49. The van der Waals surface area contributed by atoms with Gasteiger partial charge in [-0.15, -0.1) is 0 Å². The van der Waals surface area contributed by atoms with Crippen molar-refractivity contribution >= 4 is 0 Å². The van der Waals surface area contributed by atoms with Crippen LogP contribution in [0.15, 0.2) is 121 Å². The smallest absolute Gasteiger partial charge is 0.143 e. The Labute approximate surface area is 213 Å². The van der Waals surface area contributed by atoms with Gasteiger partial charge in [-0.1, -0.05) is 121 Å². The third-order valence-electron chi connectivity index (χ3n) is 6.36. The first-order valence-electron chi connectivity index (χ1n) is 12.3. The third kappa shape index (κ3) is 6.10. The molecule has 0 fully saturated rings. The van der Waals surface area contributed by atoms with E-state index in [2.05, 4.69) is 0 Å². The van der Waals surface area contributed by atoms with Crippen LogP contribution < -0.4 is 0 Å². The van der Waals surface area contributed by atoms with Gasteiger partial charge in [0.1, 0.15) is 17.8 Å². The van der Waals surface area contributed by atoms with E-state index in [9.17, 15) is 10.2 Å². The van der Waals surface area contributed by atoms with E-state index in [1.807, 2.05) is 121 Å². The van der Waals surface area contributed by atoms with E-state index in [0.717, 1.165) is 11.1 Å². The normalized spacial score (nSPS) is 13.8. The molecule has 186 valence electrons. The molecule has 4 aromatic carbocycles. The van der Waals surface area contributed by atoms with Crippen molar-refractivity contribution < 1.29 is 19.7 Å². The summed E-state index contributed by atoms with van der Waals surface area (Å²) in [6, 6.07) is 38.5. The van der Waals surface area contributed by atoms with E-state index in [1.54, 1.807) is 13.8 Å². The lowest BCUT2D eigenvalue weighted by Crippen LogP contribution is -2.57. The second-order valence-corrected chi connectivity index (χ2v) is 9.59. The van der Waals surface area contributed by atoms with Crippen molar-refractivity contribution in [1.82, 2.24) is 0 Å². The van der Waals surface area contributed by atoms with Gasteiger partial charge in [0.2, 0.25) is 0 Å². The molecule has 0 bridgehead atoms. The van der Waals surface area contributed by atoms with E-state index in [0.29, 0.717) is 11.1 Å². The van der Waals surface area contributed by atoms with Crippen LogP contribution in [0.25, 0.3) is 0 Å². The van der Waals surface area contributed by atoms with Crippen LogP contribution in [0.3, 0.4) is 0 Å². The molecule has 0 spiro atoms. The molecular formula is C32H34O4. The van der Waals surface area contributed by atoms with Crippen LogP contribution in [0.5, 0.6) is 0 Å². The van der Waals surface area contributed by atoms with Gasteiger partial charge in [-0.05, 0) is 36.1 Å². The Morgan fingerprint density at radius 3 is 1.22 bits per heavy atom. The highest BCUT2D eigenvalue weighted by Crippen LogP contribution is 2.40. The Morgan fingerprint density at radius 2 is 0.861 bits per heavy atom. The third-order valence-corrected chi connectivity index (χ3v) is 6.36. The maximum atomic E-state index is 12.6. The van der Waals surface area contributed by atoms with Gasteiger partial charge in [0.15, 0.2) is 0 Å². The van der Waals surface area contributed by atoms with E-state index < -0.39 is 23.4 Å². The van der Waals surface area contributed by atoms with Crippen molar-refractivity contribution in [2.24, 2.45) is 0 Å². The molecule has 0 unspecified atom stereocenters. The first-order valence-corrected chi connectivity index (χ1v) is 12.3. The largest absolute Gasteiger partial charge is 0.388 e. The number of rotatable bonds is 11. The maximum Gasteiger partial charge on any atom is 0.143 e. The molecule has 36 heavy (non-hydrogen) atoms. The molecule has 0 aliphatic carbocycles. The molecular weight excluding hydrogens is 448 g/mol. The molecule has 2 atom stereocenters. The van der Waals surface area contributed by atoms with Crippen LogP contribution in [0.2, 0.25) is 0 Å². The van der Waals surface area contributed by atoms with Crippen LogP contribution in [0.1, 0.15) is 36.1 Å². The molecule has 4 rings (SSSR count). The molecule has 0 radical (unpaired) electrons. The molecule has 4 nitrogen and oxygen atoms in total. The fourth-order valence-electron chi connectivity index (χ4n) is 4.49. The summed E-state index contributed by atoms with van der Waals surface area (Å²) in [6.07, 6.45) is -1.81. The van der Waals surface area contributed by atoms with Crippen molar-refractivity contribution in [1.29, 1.82) is 0 Å². The average Bonchev–Trinajstić information content (AvgIpc) is 2.91. The van der Waals surface area contributed by atoms with Crippen LogP contribution in [-0.2, 0) is 28.3 Å². The maximum absolute atomic E-state index is 12.6. The molecule has 0 aliphatic heterocycles. The second-order valence-electron chi connectivity index (χ2n) is 9.59. The summed E-state index contributed by atoms with van der Waals surface area (Å²) in [5, 5.41) is 24.0. The lowest BCUT2D eigenvalue weighted by atomic mass is 9.76.